The number of nitrogens with one attached hydrogen (secondary N) is 2. The van der Waals surface area contributed by atoms with E-state index >= 15 is 0 Å². The topological polar surface area (TPSA) is 37.0 Å². The molecular weight excluding hydrogens is 386 g/mol. The predicted molar refractivity (Wildman–Crippen MR) is 122 cm³/mol. The number of pyridine rings is 1. The van der Waals surface area contributed by atoms with Gasteiger partial charge in [0.05, 0.1) is 5.69 Å². The third-order valence-corrected chi connectivity index (χ3v) is 4.99. The van der Waals surface area contributed by atoms with E-state index in [1.165, 1.54) is 0 Å². The smallest absolute Gasteiger partial charge is 0.171 e. The lowest BCUT2D eigenvalue weighted by Gasteiger charge is -2.36. The number of anilines is 1. The number of halogens is 1. The van der Waals surface area contributed by atoms with Crippen LogP contribution < -0.4 is 10.6 Å². The SMILES string of the molecule is C=C(C)C(Cc1ccccc1)(NC(=S)Nc1cccc(Cl)c1)c1ccccn1. The van der Waals surface area contributed by atoms with Gasteiger partial charge in [-0.05, 0) is 60.6 Å². The predicted octanol–water partition coefficient (Wildman–Crippen LogP) is 5.74. The lowest BCUT2D eigenvalue weighted by Crippen LogP contribution is -2.50. The van der Waals surface area contributed by atoms with Crippen molar-refractivity contribution >= 4 is 34.6 Å². The Morgan fingerprint density at radius 1 is 1.07 bits per heavy atom. The summed E-state index contributed by atoms with van der Waals surface area (Å²) in [6, 6.07) is 23.6. The Labute approximate surface area is 176 Å². The monoisotopic (exact) mass is 407 g/mol. The summed E-state index contributed by atoms with van der Waals surface area (Å²) in [5.41, 5.74) is 3.12. The first-order valence-electron chi connectivity index (χ1n) is 8.96. The van der Waals surface area contributed by atoms with E-state index in [1.807, 2.05) is 67.6 Å². The van der Waals surface area contributed by atoms with Crippen molar-refractivity contribution in [2.45, 2.75) is 18.9 Å². The molecule has 0 spiro atoms. The molecule has 5 heteroatoms. The molecule has 0 amide bonds. The zero-order valence-corrected chi connectivity index (χ0v) is 17.2. The van der Waals surface area contributed by atoms with Crippen LogP contribution in [0.25, 0.3) is 0 Å². The fourth-order valence-corrected chi connectivity index (χ4v) is 3.60. The summed E-state index contributed by atoms with van der Waals surface area (Å²) in [6.45, 7) is 6.26. The van der Waals surface area contributed by atoms with Gasteiger partial charge in [0.2, 0.25) is 0 Å². The molecule has 1 heterocycles. The van der Waals surface area contributed by atoms with Crippen LogP contribution in [0, 0.1) is 0 Å². The van der Waals surface area contributed by atoms with Gasteiger partial charge in [-0.25, -0.2) is 0 Å². The maximum absolute atomic E-state index is 6.09. The highest BCUT2D eigenvalue weighted by Crippen LogP contribution is 2.31. The Morgan fingerprint density at radius 3 is 2.46 bits per heavy atom. The number of rotatable bonds is 6. The number of hydrogen-bond donors (Lipinski definition) is 2. The first-order chi connectivity index (χ1) is 13.5. The minimum absolute atomic E-state index is 0.479. The molecule has 0 saturated heterocycles. The van der Waals surface area contributed by atoms with Gasteiger partial charge in [-0.1, -0.05) is 60.6 Å². The van der Waals surface area contributed by atoms with E-state index in [2.05, 4.69) is 34.3 Å². The minimum atomic E-state index is -0.648. The summed E-state index contributed by atoms with van der Waals surface area (Å²) in [7, 11) is 0. The van der Waals surface area contributed by atoms with Crippen LogP contribution in [0.15, 0.2) is 91.1 Å². The first kappa shape index (κ1) is 20.1. The van der Waals surface area contributed by atoms with Crippen molar-refractivity contribution in [3.8, 4) is 0 Å². The van der Waals surface area contributed by atoms with E-state index in [0.717, 1.165) is 22.5 Å². The molecule has 3 aromatic rings. The van der Waals surface area contributed by atoms with E-state index in [0.29, 0.717) is 16.6 Å². The summed E-state index contributed by atoms with van der Waals surface area (Å²) in [6.07, 6.45) is 2.45. The van der Waals surface area contributed by atoms with Crippen molar-refractivity contribution in [1.82, 2.24) is 10.3 Å². The van der Waals surface area contributed by atoms with Crippen molar-refractivity contribution in [1.29, 1.82) is 0 Å². The van der Waals surface area contributed by atoms with Crippen LogP contribution in [0.4, 0.5) is 5.69 Å². The van der Waals surface area contributed by atoms with Gasteiger partial charge < -0.3 is 10.6 Å². The summed E-state index contributed by atoms with van der Waals surface area (Å²) in [5.74, 6) is 0. The molecule has 3 nitrogen and oxygen atoms in total. The van der Waals surface area contributed by atoms with Crippen LogP contribution in [-0.2, 0) is 12.0 Å². The second-order valence-corrected chi connectivity index (χ2v) is 7.50. The lowest BCUT2D eigenvalue weighted by atomic mass is 9.81. The normalized spacial score (nSPS) is 12.6. The molecule has 3 rings (SSSR count). The van der Waals surface area contributed by atoms with Crippen LogP contribution in [0.2, 0.25) is 5.02 Å². The van der Waals surface area contributed by atoms with Crippen molar-refractivity contribution in [3.05, 3.63) is 107 Å². The fourth-order valence-electron chi connectivity index (χ4n) is 3.11. The molecule has 1 unspecified atom stereocenters. The summed E-state index contributed by atoms with van der Waals surface area (Å²) >= 11 is 11.7. The van der Waals surface area contributed by atoms with Crippen molar-refractivity contribution in [2.24, 2.45) is 0 Å². The van der Waals surface area contributed by atoms with Gasteiger partial charge in [0, 0.05) is 23.3 Å². The molecule has 0 fully saturated rings. The van der Waals surface area contributed by atoms with E-state index in [4.69, 9.17) is 23.8 Å². The molecule has 0 aliphatic rings. The summed E-state index contributed by atoms with van der Waals surface area (Å²) in [5, 5.41) is 7.82. The molecule has 2 aromatic carbocycles. The van der Waals surface area contributed by atoms with E-state index in [-0.39, 0.29) is 0 Å². The second kappa shape index (κ2) is 9.00. The first-order valence-corrected chi connectivity index (χ1v) is 9.74. The molecular formula is C23H22ClN3S. The zero-order chi connectivity index (χ0) is 20.0. The summed E-state index contributed by atoms with van der Waals surface area (Å²) in [4.78, 5) is 4.61. The molecule has 0 saturated carbocycles. The highest BCUT2D eigenvalue weighted by atomic mass is 35.5. The van der Waals surface area contributed by atoms with Gasteiger partial charge in [-0.3, -0.25) is 4.98 Å². The third kappa shape index (κ3) is 4.77. The molecule has 0 radical (unpaired) electrons. The van der Waals surface area contributed by atoms with E-state index < -0.39 is 5.54 Å². The number of nitrogens with zero attached hydrogens (tertiary/aromatic N) is 1. The molecule has 1 atom stereocenters. The highest BCUT2D eigenvalue weighted by Gasteiger charge is 2.35. The maximum atomic E-state index is 6.09. The minimum Gasteiger partial charge on any atom is -0.347 e. The third-order valence-electron chi connectivity index (χ3n) is 4.55. The average Bonchev–Trinajstić information content (AvgIpc) is 2.68. The molecule has 0 aliphatic carbocycles. The average molecular weight is 408 g/mol. The zero-order valence-electron chi connectivity index (χ0n) is 15.7. The largest absolute Gasteiger partial charge is 0.347 e. The Morgan fingerprint density at radius 2 is 1.82 bits per heavy atom. The molecule has 2 N–H and O–H groups in total. The van der Waals surface area contributed by atoms with Crippen LogP contribution in [0.1, 0.15) is 18.2 Å². The van der Waals surface area contributed by atoms with Gasteiger partial charge in [0.25, 0.3) is 0 Å². The lowest BCUT2D eigenvalue weighted by molar-refractivity contribution is 0.452. The van der Waals surface area contributed by atoms with Crippen LogP contribution >= 0.6 is 23.8 Å². The second-order valence-electron chi connectivity index (χ2n) is 6.65. The van der Waals surface area contributed by atoms with Crippen LogP contribution in [0.3, 0.4) is 0 Å². The molecule has 28 heavy (non-hydrogen) atoms. The Bertz CT molecular complexity index is 960. The molecule has 0 aliphatic heterocycles. The maximum Gasteiger partial charge on any atom is 0.171 e. The number of thiocarbonyl (C=S) groups is 1. The summed E-state index contributed by atoms with van der Waals surface area (Å²) < 4.78 is 0. The molecule has 1 aromatic heterocycles. The van der Waals surface area contributed by atoms with Gasteiger partial charge in [-0.15, -0.1) is 0 Å². The van der Waals surface area contributed by atoms with Crippen molar-refractivity contribution < 1.29 is 0 Å². The van der Waals surface area contributed by atoms with Gasteiger partial charge >= 0.3 is 0 Å². The number of aromatic nitrogens is 1. The van der Waals surface area contributed by atoms with Gasteiger partial charge in [-0.2, -0.15) is 0 Å². The fraction of sp³-hybridized carbons (Fsp3) is 0.130. The highest BCUT2D eigenvalue weighted by molar-refractivity contribution is 7.80. The number of hydrogen-bond acceptors (Lipinski definition) is 2. The quantitative estimate of drug-likeness (QED) is 0.403. The molecule has 142 valence electrons. The van der Waals surface area contributed by atoms with Gasteiger partial charge in [0.15, 0.2) is 5.11 Å². The van der Waals surface area contributed by atoms with Gasteiger partial charge in [0.1, 0.15) is 5.54 Å². The number of benzene rings is 2. The van der Waals surface area contributed by atoms with Crippen LogP contribution in [-0.4, -0.2) is 10.1 Å². The Balaban J connectivity index is 1.95. The molecule has 0 bridgehead atoms. The Hall–Kier alpha value is -2.69. The van der Waals surface area contributed by atoms with E-state index in [9.17, 15) is 0 Å². The van der Waals surface area contributed by atoms with Crippen LogP contribution in [0.5, 0.6) is 0 Å². The van der Waals surface area contributed by atoms with Crippen molar-refractivity contribution in [2.75, 3.05) is 5.32 Å². The standard InChI is InChI=1S/C23H22ClN3S/c1-17(2)23(21-13-6-7-14-25-21,16-18-9-4-3-5-10-18)27-22(28)26-20-12-8-11-19(24)15-20/h3-15H,1,16H2,2H3,(H2,26,27,28). The Kier molecular flexibility index (Phi) is 6.45. The van der Waals surface area contributed by atoms with E-state index in [1.54, 1.807) is 6.20 Å². The van der Waals surface area contributed by atoms with Crippen molar-refractivity contribution in [3.63, 3.8) is 0 Å².